The molecule has 96 valence electrons. The zero-order valence-electron chi connectivity index (χ0n) is 10.3. The average molecular weight is 292 g/mol. The molecular weight excluding hydrogens is 281 g/mol. The van der Waals surface area contributed by atoms with E-state index in [0.29, 0.717) is 22.3 Å². The van der Waals surface area contributed by atoms with Crippen molar-refractivity contribution in [1.29, 1.82) is 5.26 Å². The summed E-state index contributed by atoms with van der Waals surface area (Å²) in [6, 6.07) is 11.1. The molecule has 2 aromatic rings. The van der Waals surface area contributed by atoms with Crippen LogP contribution in [0.25, 0.3) is 0 Å². The van der Waals surface area contributed by atoms with Crippen molar-refractivity contribution in [3.63, 3.8) is 0 Å². The van der Waals surface area contributed by atoms with Crippen LogP contribution >= 0.6 is 23.2 Å². The van der Waals surface area contributed by atoms with Gasteiger partial charge in [-0.2, -0.15) is 5.26 Å². The molecule has 0 N–H and O–H groups in total. The number of pyridine rings is 1. The van der Waals surface area contributed by atoms with E-state index in [2.05, 4.69) is 11.1 Å². The van der Waals surface area contributed by atoms with Gasteiger partial charge in [-0.1, -0.05) is 23.2 Å². The Morgan fingerprint density at radius 1 is 1.26 bits per heavy atom. The number of hydrogen-bond donors (Lipinski definition) is 0. The fourth-order valence-electron chi connectivity index (χ4n) is 1.69. The van der Waals surface area contributed by atoms with Crippen LogP contribution in [0, 0.1) is 11.3 Å². The minimum absolute atomic E-state index is 0.384. The molecule has 0 unspecified atom stereocenters. The molecule has 2 rings (SSSR count). The summed E-state index contributed by atoms with van der Waals surface area (Å²) in [4.78, 5) is 6.05. The summed E-state index contributed by atoms with van der Waals surface area (Å²) >= 11 is 11.9. The molecule has 0 aliphatic heterocycles. The van der Waals surface area contributed by atoms with Crippen LogP contribution in [0.3, 0.4) is 0 Å². The largest absolute Gasteiger partial charge is 0.370 e. The van der Waals surface area contributed by atoms with Crippen LogP contribution in [-0.2, 0) is 6.54 Å². The first-order chi connectivity index (χ1) is 9.10. The first kappa shape index (κ1) is 13.7. The van der Waals surface area contributed by atoms with Crippen molar-refractivity contribution in [2.75, 3.05) is 11.9 Å². The Bertz CT molecular complexity index is 618. The second-order valence-electron chi connectivity index (χ2n) is 4.11. The van der Waals surface area contributed by atoms with E-state index in [-0.39, 0.29) is 0 Å². The van der Waals surface area contributed by atoms with E-state index in [0.717, 1.165) is 11.3 Å². The topological polar surface area (TPSA) is 39.9 Å². The summed E-state index contributed by atoms with van der Waals surface area (Å²) in [5.41, 5.74) is 2.55. The Morgan fingerprint density at radius 2 is 1.95 bits per heavy atom. The molecule has 1 aromatic carbocycles. The van der Waals surface area contributed by atoms with Gasteiger partial charge in [-0.05, 0) is 30.3 Å². The summed E-state index contributed by atoms with van der Waals surface area (Å²) in [7, 11) is 1.95. The Balaban J connectivity index is 2.16. The van der Waals surface area contributed by atoms with E-state index in [1.165, 1.54) is 0 Å². The van der Waals surface area contributed by atoms with E-state index in [1.54, 1.807) is 24.4 Å². The molecule has 1 aromatic heterocycles. The number of nitriles is 1. The lowest BCUT2D eigenvalue weighted by Gasteiger charge is -2.19. The van der Waals surface area contributed by atoms with Gasteiger partial charge in [-0.15, -0.1) is 0 Å². The monoisotopic (exact) mass is 291 g/mol. The van der Waals surface area contributed by atoms with E-state index in [1.807, 2.05) is 24.1 Å². The number of halogens is 2. The highest BCUT2D eigenvalue weighted by Gasteiger charge is 2.07. The van der Waals surface area contributed by atoms with Gasteiger partial charge in [0.1, 0.15) is 5.15 Å². The predicted molar refractivity (Wildman–Crippen MR) is 77.5 cm³/mol. The van der Waals surface area contributed by atoms with E-state index >= 15 is 0 Å². The fourth-order valence-corrected chi connectivity index (χ4v) is 2.12. The molecule has 0 atom stereocenters. The molecule has 0 fully saturated rings. The van der Waals surface area contributed by atoms with Gasteiger partial charge in [0, 0.05) is 31.0 Å². The van der Waals surface area contributed by atoms with Gasteiger partial charge in [-0.25, -0.2) is 4.98 Å². The highest BCUT2D eigenvalue weighted by molar-refractivity contribution is 6.34. The second-order valence-corrected chi connectivity index (χ2v) is 4.91. The van der Waals surface area contributed by atoms with Gasteiger partial charge in [0.15, 0.2) is 0 Å². The summed E-state index contributed by atoms with van der Waals surface area (Å²) in [6.07, 6.45) is 1.67. The summed E-state index contributed by atoms with van der Waals surface area (Å²) in [5, 5.41) is 9.74. The van der Waals surface area contributed by atoms with Crippen LogP contribution in [0.5, 0.6) is 0 Å². The van der Waals surface area contributed by atoms with Crippen molar-refractivity contribution >= 4 is 28.9 Å². The maximum atomic E-state index is 8.76. The van der Waals surface area contributed by atoms with Crippen molar-refractivity contribution in [2.45, 2.75) is 6.54 Å². The molecule has 3 nitrogen and oxygen atoms in total. The highest BCUT2D eigenvalue weighted by atomic mass is 35.5. The van der Waals surface area contributed by atoms with Crippen LogP contribution in [0.1, 0.15) is 11.1 Å². The average Bonchev–Trinajstić information content (AvgIpc) is 2.42. The number of hydrogen-bond acceptors (Lipinski definition) is 3. The van der Waals surface area contributed by atoms with Crippen LogP contribution in [0.2, 0.25) is 10.2 Å². The fraction of sp³-hybridized carbons (Fsp3) is 0.143. The molecule has 0 radical (unpaired) electrons. The van der Waals surface area contributed by atoms with Crippen molar-refractivity contribution in [1.82, 2.24) is 4.98 Å². The molecular formula is C14H11Cl2N3. The van der Waals surface area contributed by atoms with Gasteiger partial charge in [0.2, 0.25) is 0 Å². The number of aromatic nitrogens is 1. The SMILES string of the molecule is CN(Cc1cnc(Cl)cc1Cl)c1ccc(C#N)cc1. The number of nitrogens with zero attached hydrogens (tertiary/aromatic N) is 3. The standard InChI is InChI=1S/C14H11Cl2N3/c1-19(12-4-2-10(7-17)3-5-12)9-11-8-18-14(16)6-13(11)15/h2-6,8H,9H2,1H3. The zero-order chi connectivity index (χ0) is 13.8. The number of rotatable bonds is 3. The van der Waals surface area contributed by atoms with Gasteiger partial charge < -0.3 is 4.90 Å². The number of benzene rings is 1. The minimum atomic E-state index is 0.384. The van der Waals surface area contributed by atoms with Gasteiger partial charge in [0.25, 0.3) is 0 Å². The van der Waals surface area contributed by atoms with E-state index in [9.17, 15) is 0 Å². The van der Waals surface area contributed by atoms with Crippen LogP contribution in [-0.4, -0.2) is 12.0 Å². The molecule has 0 saturated heterocycles. The maximum Gasteiger partial charge on any atom is 0.130 e. The molecule has 0 bridgehead atoms. The zero-order valence-corrected chi connectivity index (χ0v) is 11.8. The third kappa shape index (κ3) is 3.37. The van der Waals surface area contributed by atoms with Crippen molar-refractivity contribution < 1.29 is 0 Å². The van der Waals surface area contributed by atoms with Crippen molar-refractivity contribution in [3.05, 3.63) is 57.8 Å². The molecule has 5 heteroatoms. The van der Waals surface area contributed by atoms with Crippen LogP contribution in [0.4, 0.5) is 5.69 Å². The smallest absolute Gasteiger partial charge is 0.130 e. The van der Waals surface area contributed by atoms with Gasteiger partial charge in [-0.3, -0.25) is 0 Å². The minimum Gasteiger partial charge on any atom is -0.370 e. The number of anilines is 1. The lowest BCUT2D eigenvalue weighted by molar-refractivity contribution is 0.915. The molecule has 0 aliphatic rings. The summed E-state index contributed by atoms with van der Waals surface area (Å²) in [6.45, 7) is 0.620. The van der Waals surface area contributed by atoms with Crippen molar-refractivity contribution in [2.24, 2.45) is 0 Å². The first-order valence-electron chi connectivity index (χ1n) is 5.61. The maximum absolute atomic E-state index is 8.76. The highest BCUT2D eigenvalue weighted by Crippen LogP contribution is 2.22. The molecule has 0 spiro atoms. The van der Waals surface area contributed by atoms with Gasteiger partial charge in [0.05, 0.1) is 16.7 Å². The summed E-state index contributed by atoms with van der Waals surface area (Å²) < 4.78 is 0. The Morgan fingerprint density at radius 3 is 2.53 bits per heavy atom. The lowest BCUT2D eigenvalue weighted by Crippen LogP contribution is -2.16. The Kier molecular flexibility index (Phi) is 4.26. The van der Waals surface area contributed by atoms with Crippen LogP contribution in [0.15, 0.2) is 36.5 Å². The normalized spacial score (nSPS) is 10.0. The van der Waals surface area contributed by atoms with Gasteiger partial charge >= 0.3 is 0 Å². The molecule has 0 aliphatic carbocycles. The van der Waals surface area contributed by atoms with Crippen LogP contribution < -0.4 is 4.90 Å². The van der Waals surface area contributed by atoms with E-state index in [4.69, 9.17) is 28.5 Å². The van der Waals surface area contributed by atoms with Crippen molar-refractivity contribution in [3.8, 4) is 6.07 Å². The molecule has 1 heterocycles. The Labute approximate surface area is 122 Å². The third-order valence-corrected chi connectivity index (χ3v) is 3.30. The predicted octanol–water partition coefficient (Wildman–Crippen LogP) is 3.90. The molecule has 0 amide bonds. The Hall–Kier alpha value is -1.76. The molecule has 19 heavy (non-hydrogen) atoms. The molecule has 0 saturated carbocycles. The third-order valence-electron chi connectivity index (χ3n) is 2.74. The summed E-state index contributed by atoms with van der Waals surface area (Å²) in [5.74, 6) is 0. The quantitative estimate of drug-likeness (QED) is 0.805. The first-order valence-corrected chi connectivity index (χ1v) is 6.37. The second kappa shape index (κ2) is 5.92. The lowest BCUT2D eigenvalue weighted by atomic mass is 10.2. The van der Waals surface area contributed by atoms with E-state index < -0.39 is 0 Å².